The molecule has 24 heavy (non-hydrogen) atoms. The van der Waals surface area contributed by atoms with Gasteiger partial charge in [-0.2, -0.15) is 0 Å². The second-order valence-electron chi connectivity index (χ2n) is 5.66. The normalized spacial score (nSPS) is 11.2. The molecule has 0 saturated carbocycles. The molecule has 0 heterocycles. The van der Waals surface area contributed by atoms with Crippen molar-refractivity contribution in [2.45, 2.75) is 26.7 Å². The van der Waals surface area contributed by atoms with Gasteiger partial charge in [-0.15, -0.1) is 0 Å². The van der Waals surface area contributed by atoms with E-state index in [-0.39, 0.29) is 11.6 Å². The van der Waals surface area contributed by atoms with Crippen LogP contribution in [0.4, 0.5) is 0 Å². The van der Waals surface area contributed by atoms with Gasteiger partial charge in [0.2, 0.25) is 0 Å². The zero-order chi connectivity index (χ0) is 18.0. The lowest BCUT2D eigenvalue weighted by atomic mass is 10.3. The minimum Gasteiger partial charge on any atom is -0.379 e. The van der Waals surface area contributed by atoms with Crippen LogP contribution in [-0.2, 0) is 28.5 Å². The lowest BCUT2D eigenvalue weighted by Crippen LogP contribution is -2.28. The van der Waals surface area contributed by atoms with Crippen LogP contribution in [0.1, 0.15) is 26.7 Å². The molecular weight excluding hydrogens is 314 g/mol. The Morgan fingerprint density at radius 3 is 1.29 bits per heavy atom. The highest BCUT2D eigenvalue weighted by molar-refractivity contribution is 5.75. The maximum absolute atomic E-state index is 10.7. The van der Waals surface area contributed by atoms with Crippen molar-refractivity contribution in [2.24, 2.45) is 0 Å². The highest BCUT2D eigenvalue weighted by atomic mass is 16.5. The maximum Gasteiger partial charge on any atom is 0.132 e. The van der Waals surface area contributed by atoms with Crippen LogP contribution in [0.2, 0.25) is 0 Å². The van der Waals surface area contributed by atoms with E-state index >= 15 is 0 Å². The zero-order valence-corrected chi connectivity index (χ0v) is 15.4. The van der Waals surface area contributed by atoms with Gasteiger partial charge >= 0.3 is 0 Å². The highest BCUT2D eigenvalue weighted by Gasteiger charge is 1.99. The van der Waals surface area contributed by atoms with Gasteiger partial charge in [-0.3, -0.25) is 9.59 Å². The van der Waals surface area contributed by atoms with Gasteiger partial charge in [0, 0.05) is 25.9 Å². The molecule has 0 aliphatic carbocycles. The van der Waals surface area contributed by atoms with Gasteiger partial charge in [0.05, 0.1) is 52.9 Å². The molecule has 0 spiro atoms. The summed E-state index contributed by atoms with van der Waals surface area (Å²) in [7, 11) is 2.01. The number of rotatable bonds is 18. The molecule has 0 atom stereocenters. The van der Waals surface area contributed by atoms with E-state index in [1.165, 1.54) is 0 Å². The van der Waals surface area contributed by atoms with Crippen LogP contribution in [-0.4, -0.2) is 89.5 Å². The Morgan fingerprint density at radius 1 is 0.625 bits per heavy atom. The van der Waals surface area contributed by atoms with Crippen LogP contribution in [0.3, 0.4) is 0 Å². The Balaban J connectivity index is 3.19. The molecule has 0 aromatic heterocycles. The molecule has 0 saturated heterocycles. The van der Waals surface area contributed by atoms with E-state index in [0.717, 1.165) is 13.1 Å². The molecular formula is C17H33NO6. The summed E-state index contributed by atoms with van der Waals surface area (Å²) in [5, 5.41) is 0. The van der Waals surface area contributed by atoms with E-state index in [9.17, 15) is 9.59 Å². The Kier molecular flexibility index (Phi) is 16.4. The predicted octanol–water partition coefficient (Wildman–Crippen LogP) is 0.943. The van der Waals surface area contributed by atoms with Crippen LogP contribution >= 0.6 is 0 Å². The summed E-state index contributed by atoms with van der Waals surface area (Å²) in [6.07, 6.45) is 0.926. The number of carbonyl (C=O) groups is 2. The summed E-state index contributed by atoms with van der Waals surface area (Å²) in [6, 6.07) is 0. The average molecular weight is 347 g/mol. The number of nitrogens with zero attached hydrogens (tertiary/aromatic N) is 1. The van der Waals surface area contributed by atoms with E-state index < -0.39 is 0 Å². The minimum atomic E-state index is 0.141. The molecule has 0 bridgehead atoms. The average Bonchev–Trinajstić information content (AvgIpc) is 2.51. The third kappa shape index (κ3) is 19.2. The monoisotopic (exact) mass is 347 g/mol. The maximum atomic E-state index is 10.7. The lowest BCUT2D eigenvalue weighted by Gasteiger charge is -2.16. The van der Waals surface area contributed by atoms with E-state index in [1.54, 1.807) is 13.8 Å². The first-order chi connectivity index (χ1) is 11.5. The summed E-state index contributed by atoms with van der Waals surface area (Å²) < 4.78 is 21.5. The molecule has 7 heteroatoms. The number of carbonyl (C=O) groups excluding carboxylic acids is 2. The fourth-order valence-electron chi connectivity index (χ4n) is 1.63. The van der Waals surface area contributed by atoms with Crippen molar-refractivity contribution in [3.05, 3.63) is 0 Å². The van der Waals surface area contributed by atoms with Crippen LogP contribution in [0, 0.1) is 0 Å². The first-order valence-electron chi connectivity index (χ1n) is 8.50. The van der Waals surface area contributed by atoms with Crippen molar-refractivity contribution in [2.75, 3.05) is 73.0 Å². The van der Waals surface area contributed by atoms with Gasteiger partial charge in [-0.25, -0.2) is 0 Å². The molecule has 0 radical (unpaired) electrons. The number of hydrogen-bond donors (Lipinski definition) is 0. The van der Waals surface area contributed by atoms with Gasteiger partial charge in [0.1, 0.15) is 11.6 Å². The van der Waals surface area contributed by atoms with Crippen molar-refractivity contribution in [3.63, 3.8) is 0 Å². The summed E-state index contributed by atoms with van der Waals surface area (Å²) in [5.74, 6) is 0.282. The zero-order valence-electron chi connectivity index (χ0n) is 15.4. The largest absolute Gasteiger partial charge is 0.379 e. The summed E-state index contributed by atoms with van der Waals surface area (Å²) in [6.45, 7) is 9.09. The second-order valence-corrected chi connectivity index (χ2v) is 5.66. The summed E-state index contributed by atoms with van der Waals surface area (Å²) in [4.78, 5) is 23.5. The molecule has 0 aliphatic heterocycles. The fourth-order valence-corrected chi connectivity index (χ4v) is 1.63. The highest BCUT2D eigenvalue weighted by Crippen LogP contribution is 1.89. The van der Waals surface area contributed by atoms with Crippen LogP contribution in [0.15, 0.2) is 0 Å². The van der Waals surface area contributed by atoms with E-state index in [4.69, 9.17) is 18.9 Å². The number of Topliss-reactive ketones (excluding diaryl/α,β-unsaturated/α-hetero) is 2. The first-order valence-corrected chi connectivity index (χ1v) is 8.50. The quantitative estimate of drug-likeness (QED) is 0.342. The smallest absolute Gasteiger partial charge is 0.132 e. The molecule has 0 amide bonds. The number of hydrogen-bond acceptors (Lipinski definition) is 7. The van der Waals surface area contributed by atoms with Crippen LogP contribution in [0.25, 0.3) is 0 Å². The molecule has 7 nitrogen and oxygen atoms in total. The van der Waals surface area contributed by atoms with Crippen molar-refractivity contribution in [1.82, 2.24) is 4.90 Å². The van der Waals surface area contributed by atoms with Gasteiger partial charge < -0.3 is 23.8 Å². The molecule has 0 unspecified atom stereocenters. The van der Waals surface area contributed by atoms with Crippen molar-refractivity contribution in [3.8, 4) is 0 Å². The molecule has 0 aromatic carbocycles. The van der Waals surface area contributed by atoms with E-state index in [1.807, 2.05) is 7.05 Å². The fraction of sp³-hybridized carbons (Fsp3) is 0.882. The predicted molar refractivity (Wildman–Crippen MR) is 91.4 cm³/mol. The van der Waals surface area contributed by atoms with Crippen molar-refractivity contribution >= 4 is 11.6 Å². The van der Waals surface area contributed by atoms with Crippen LogP contribution in [0.5, 0.6) is 0 Å². The van der Waals surface area contributed by atoms with Gasteiger partial charge in [-0.1, -0.05) is 0 Å². The summed E-state index contributed by atoms with van der Waals surface area (Å²) in [5.41, 5.74) is 0. The Hall–Kier alpha value is -0.860. The van der Waals surface area contributed by atoms with E-state index in [0.29, 0.717) is 65.7 Å². The molecule has 0 fully saturated rings. The molecule has 0 N–H and O–H groups in total. The molecule has 0 rings (SSSR count). The molecule has 0 aromatic rings. The summed E-state index contributed by atoms with van der Waals surface area (Å²) >= 11 is 0. The Morgan fingerprint density at radius 2 is 0.958 bits per heavy atom. The molecule has 142 valence electrons. The third-order valence-electron chi connectivity index (χ3n) is 3.18. The topological polar surface area (TPSA) is 74.3 Å². The number of ketones is 2. The first kappa shape index (κ1) is 23.1. The molecule has 0 aliphatic rings. The van der Waals surface area contributed by atoms with Crippen molar-refractivity contribution < 1.29 is 28.5 Å². The number of likely N-dealkylation sites (N-methyl/N-ethyl adjacent to an activating group) is 1. The van der Waals surface area contributed by atoms with Gasteiger partial charge in [-0.05, 0) is 20.9 Å². The van der Waals surface area contributed by atoms with Crippen molar-refractivity contribution in [1.29, 1.82) is 0 Å². The standard InChI is InChI=1S/C17H33NO6/c1-16(19)4-8-21-12-14-23-10-6-18(3)7-11-24-15-13-22-9-5-17(2)20/h4-15H2,1-3H3. The Labute approximate surface area is 145 Å². The third-order valence-corrected chi connectivity index (χ3v) is 3.18. The van der Waals surface area contributed by atoms with Gasteiger partial charge in [0.15, 0.2) is 0 Å². The number of ether oxygens (including phenoxy) is 4. The van der Waals surface area contributed by atoms with Crippen LogP contribution < -0.4 is 0 Å². The Bertz CT molecular complexity index is 294. The van der Waals surface area contributed by atoms with Gasteiger partial charge in [0.25, 0.3) is 0 Å². The van der Waals surface area contributed by atoms with E-state index in [2.05, 4.69) is 4.90 Å². The minimum absolute atomic E-state index is 0.141. The SMILES string of the molecule is CC(=O)CCOCCOCCN(C)CCOCCOCCC(C)=O. The second kappa shape index (κ2) is 17.0. The lowest BCUT2D eigenvalue weighted by molar-refractivity contribution is -0.119.